The summed E-state index contributed by atoms with van der Waals surface area (Å²) in [6.07, 6.45) is 6.74. The van der Waals surface area contributed by atoms with Gasteiger partial charge in [0.15, 0.2) is 0 Å². The Balaban J connectivity index is 1.07. The third-order valence-corrected chi connectivity index (χ3v) is 14.2. The molecule has 13 rings (SSSR count). The zero-order chi connectivity index (χ0) is 44.5. The van der Waals surface area contributed by atoms with E-state index in [-0.39, 0.29) is 0 Å². The third kappa shape index (κ3) is 6.04. The monoisotopic (exact) mass is 852 g/mol. The maximum Gasteiger partial charge on any atom is 0.0713 e. The van der Waals surface area contributed by atoms with Gasteiger partial charge in [0.1, 0.15) is 0 Å². The summed E-state index contributed by atoms with van der Waals surface area (Å²) in [5, 5.41) is 4.88. The lowest BCUT2D eigenvalue weighted by molar-refractivity contribution is 0.769. The molecule has 0 saturated carbocycles. The lowest BCUT2D eigenvalue weighted by Crippen LogP contribution is -2.28. The van der Waals surface area contributed by atoms with Crippen LogP contribution in [0.3, 0.4) is 0 Å². The van der Waals surface area contributed by atoms with Crippen molar-refractivity contribution in [1.29, 1.82) is 0 Å². The van der Waals surface area contributed by atoms with Crippen LogP contribution >= 0.6 is 0 Å². The molecule has 1 aliphatic carbocycles. The summed E-state index contributed by atoms with van der Waals surface area (Å²) in [6.45, 7) is 4.70. The number of anilines is 2. The van der Waals surface area contributed by atoms with Crippen LogP contribution in [0.5, 0.6) is 0 Å². The lowest BCUT2D eigenvalue weighted by Gasteiger charge is -2.33. The zero-order valence-corrected chi connectivity index (χ0v) is 36.9. The van der Waals surface area contributed by atoms with E-state index in [4.69, 9.17) is 6.58 Å². The number of hydrogen-bond acceptors (Lipinski definition) is 1. The molecule has 0 atom stereocenters. The van der Waals surface area contributed by atoms with E-state index in [0.29, 0.717) is 0 Å². The van der Waals surface area contributed by atoms with Crippen LogP contribution in [0.25, 0.3) is 71.7 Å². The number of hydrogen-bond donors (Lipinski definition) is 0. The molecule has 10 aromatic carbocycles. The third-order valence-electron chi connectivity index (χ3n) is 14.2. The second kappa shape index (κ2) is 15.5. The second-order valence-electron chi connectivity index (χ2n) is 17.7. The van der Waals surface area contributed by atoms with Crippen LogP contribution in [0.15, 0.2) is 262 Å². The van der Waals surface area contributed by atoms with Crippen LogP contribution < -0.4 is 4.90 Å². The topological polar surface area (TPSA) is 8.17 Å². The summed E-state index contributed by atoms with van der Waals surface area (Å²) in [4.78, 5) is 2.31. The van der Waals surface area contributed by atoms with Crippen molar-refractivity contribution in [2.75, 3.05) is 4.90 Å². The van der Waals surface area contributed by atoms with E-state index in [1.165, 1.54) is 71.6 Å². The number of fused-ring (bicyclic) bond motifs is 9. The Bertz CT molecular complexity index is 3760. The summed E-state index contributed by atoms with van der Waals surface area (Å²) in [6, 6.07) is 86.7. The fourth-order valence-electron chi connectivity index (χ4n) is 11.2. The highest BCUT2D eigenvalue weighted by atomic mass is 15.1. The van der Waals surface area contributed by atoms with Crippen LogP contribution in [0.2, 0.25) is 0 Å². The number of rotatable bonds is 6. The van der Waals surface area contributed by atoms with Gasteiger partial charge in [-0.3, -0.25) is 0 Å². The molecule has 0 saturated heterocycles. The van der Waals surface area contributed by atoms with Crippen LogP contribution in [-0.4, -0.2) is 4.57 Å². The number of nitrogens with zero attached hydrogens (tertiary/aromatic N) is 2. The molecular formula is C65H44N2. The van der Waals surface area contributed by atoms with Crippen molar-refractivity contribution in [3.63, 3.8) is 0 Å². The normalized spacial score (nSPS) is 15.1. The van der Waals surface area contributed by atoms with E-state index in [0.717, 1.165) is 44.9 Å². The van der Waals surface area contributed by atoms with Gasteiger partial charge in [-0.15, -0.1) is 0 Å². The predicted molar refractivity (Wildman–Crippen MR) is 282 cm³/mol. The van der Waals surface area contributed by atoms with Gasteiger partial charge in [0.25, 0.3) is 0 Å². The molecule has 2 nitrogen and oxygen atoms in total. The Hall–Kier alpha value is -8.72. The van der Waals surface area contributed by atoms with E-state index >= 15 is 0 Å². The molecule has 1 aromatic heterocycles. The first-order chi connectivity index (χ1) is 33.1. The fourth-order valence-corrected chi connectivity index (χ4v) is 11.2. The van der Waals surface area contributed by atoms with Crippen molar-refractivity contribution in [2.45, 2.75) is 5.41 Å². The molecule has 0 radical (unpaired) electrons. The van der Waals surface area contributed by atoms with Gasteiger partial charge < -0.3 is 9.47 Å². The first kappa shape index (κ1) is 38.7. The van der Waals surface area contributed by atoms with Gasteiger partial charge >= 0.3 is 0 Å². The highest BCUT2D eigenvalue weighted by molar-refractivity contribution is 6.19. The molecular weight excluding hydrogens is 809 g/mol. The van der Waals surface area contributed by atoms with Crippen LogP contribution in [0.1, 0.15) is 33.4 Å². The minimum Gasteiger partial charge on any atom is -0.317 e. The minimum atomic E-state index is -0.520. The van der Waals surface area contributed by atoms with Gasteiger partial charge in [-0.1, -0.05) is 195 Å². The molecule has 0 fully saturated rings. The van der Waals surface area contributed by atoms with Gasteiger partial charge in [-0.05, 0) is 133 Å². The van der Waals surface area contributed by atoms with E-state index < -0.39 is 5.41 Å². The fraction of sp³-hybridized carbons (Fsp3) is 0.0154. The molecule has 0 amide bonds. The van der Waals surface area contributed by atoms with Crippen LogP contribution in [0, 0.1) is 0 Å². The van der Waals surface area contributed by atoms with E-state index in [1.54, 1.807) is 0 Å². The van der Waals surface area contributed by atoms with Crippen molar-refractivity contribution in [1.82, 2.24) is 4.57 Å². The molecule has 0 spiro atoms. The number of para-hydroxylation sites is 1. The van der Waals surface area contributed by atoms with Crippen molar-refractivity contribution < 1.29 is 0 Å². The van der Waals surface area contributed by atoms with Crippen molar-refractivity contribution in [3.05, 3.63) is 295 Å². The van der Waals surface area contributed by atoms with Gasteiger partial charge in [0.2, 0.25) is 0 Å². The zero-order valence-electron chi connectivity index (χ0n) is 36.9. The molecule has 0 unspecified atom stereocenters. The van der Waals surface area contributed by atoms with Crippen molar-refractivity contribution >= 4 is 55.1 Å². The first-order valence-electron chi connectivity index (χ1n) is 23.1. The number of allylic oxidation sites excluding steroid dienone is 4. The predicted octanol–water partition coefficient (Wildman–Crippen LogP) is 16.7. The number of aromatic nitrogens is 1. The highest BCUT2D eigenvalue weighted by Crippen LogP contribution is 2.59. The molecule has 1 aliphatic heterocycles. The molecule has 2 heteroatoms. The SMILES string of the molecule is C=C1/C=C(c2ccc3c(c2)c2c4c(ccc2n3-c2ccc(-c3ccccc3)cc2)C(c2ccccc2)(c2ccccc2)c2ccccc2-4)\C=C/N(c2ccc3ccccc3c2)c2ccccc21. The summed E-state index contributed by atoms with van der Waals surface area (Å²) in [5.74, 6) is 0. The summed E-state index contributed by atoms with van der Waals surface area (Å²) in [7, 11) is 0. The van der Waals surface area contributed by atoms with Gasteiger partial charge in [0, 0.05) is 33.9 Å². The Kier molecular flexibility index (Phi) is 8.94. The quantitative estimate of drug-likeness (QED) is 0.162. The Morgan fingerprint density at radius 3 is 1.78 bits per heavy atom. The van der Waals surface area contributed by atoms with Gasteiger partial charge in [0.05, 0.1) is 22.1 Å². The molecule has 2 heterocycles. The largest absolute Gasteiger partial charge is 0.317 e. The molecule has 2 aliphatic rings. The maximum atomic E-state index is 4.70. The van der Waals surface area contributed by atoms with E-state index in [2.05, 4.69) is 264 Å². The standard InChI is InChI=1S/C65H44N2/c1-44-41-50(39-40-66(60-28-16-14-25-55(44)60)54-35-31-46-19-11-12-20-48(46)42-54)49-32-37-61-57(43-49)64-62(67(61)53-33-29-47(30-34-53)45-17-5-2-6-18-45)38-36-59-63(64)56-26-13-15-27-58(56)65(59,51-21-7-3-8-22-51)52-23-9-4-10-24-52/h2-43H,1H2/b40-39-,50-41+. The van der Waals surface area contributed by atoms with E-state index in [1.807, 2.05) is 0 Å². The summed E-state index contributed by atoms with van der Waals surface area (Å²) >= 11 is 0. The summed E-state index contributed by atoms with van der Waals surface area (Å²) in [5.41, 5.74) is 19.5. The van der Waals surface area contributed by atoms with Crippen LogP contribution in [0.4, 0.5) is 11.4 Å². The maximum absolute atomic E-state index is 4.70. The highest BCUT2D eigenvalue weighted by Gasteiger charge is 2.47. The second-order valence-corrected chi connectivity index (χ2v) is 17.7. The molecule has 11 aromatic rings. The molecule has 67 heavy (non-hydrogen) atoms. The Labute approximate surface area is 391 Å². The van der Waals surface area contributed by atoms with Crippen LogP contribution in [-0.2, 0) is 5.41 Å². The first-order valence-corrected chi connectivity index (χ1v) is 23.1. The average molecular weight is 853 g/mol. The lowest BCUT2D eigenvalue weighted by atomic mass is 9.67. The summed E-state index contributed by atoms with van der Waals surface area (Å²) < 4.78 is 2.47. The Morgan fingerprint density at radius 2 is 1.01 bits per heavy atom. The number of benzene rings is 10. The van der Waals surface area contributed by atoms with E-state index in [9.17, 15) is 0 Å². The smallest absolute Gasteiger partial charge is 0.0713 e. The van der Waals surface area contributed by atoms with Gasteiger partial charge in [-0.25, -0.2) is 0 Å². The van der Waals surface area contributed by atoms with Crippen molar-refractivity contribution in [3.8, 4) is 27.9 Å². The molecule has 0 N–H and O–H groups in total. The van der Waals surface area contributed by atoms with Crippen molar-refractivity contribution in [2.24, 2.45) is 0 Å². The Morgan fingerprint density at radius 1 is 0.418 bits per heavy atom. The minimum absolute atomic E-state index is 0.520. The average Bonchev–Trinajstić information content (AvgIpc) is 3.89. The molecule has 0 bridgehead atoms. The molecule has 314 valence electrons. The van der Waals surface area contributed by atoms with Gasteiger partial charge in [-0.2, -0.15) is 0 Å².